The van der Waals surface area contributed by atoms with Gasteiger partial charge in [0.15, 0.2) is 11.6 Å². The van der Waals surface area contributed by atoms with Gasteiger partial charge in [-0.1, -0.05) is 44.4 Å². The van der Waals surface area contributed by atoms with E-state index >= 15 is 0 Å². The first-order chi connectivity index (χ1) is 22.3. The molecule has 6 saturated carbocycles. The van der Waals surface area contributed by atoms with Gasteiger partial charge in [-0.25, -0.2) is 0 Å². The largest absolute Gasteiger partial charge is 0.377 e. The number of carbonyl (C=O) groups is 4. The van der Waals surface area contributed by atoms with Crippen molar-refractivity contribution in [1.82, 2.24) is 0 Å². The van der Waals surface area contributed by atoms with Crippen molar-refractivity contribution < 1.29 is 23.9 Å². The SMILES string of the molecule is CC1=CC(=O)C=C2CC[C@@H]3[C@H](CC[C@]4(C)C(=O)CC[C@@H]34)[C@@]12C.CCOCC1=CC(=O)C=C2CC[C@@H]3[C@H](CC[C@]4(C)C(=O)CC[C@@H]34)[C@]21C. The normalized spacial score (nSPS) is 45.1. The van der Waals surface area contributed by atoms with Crippen LogP contribution >= 0.6 is 0 Å². The van der Waals surface area contributed by atoms with E-state index in [9.17, 15) is 19.2 Å². The molecule has 0 amide bonds. The second-order valence-electron chi connectivity index (χ2n) is 17.3. The van der Waals surface area contributed by atoms with Gasteiger partial charge in [0, 0.05) is 41.1 Å². The molecular formula is C42H56O5. The fraction of sp³-hybridized carbons (Fsp3) is 0.714. The first-order valence-electron chi connectivity index (χ1n) is 18.8. The maximum atomic E-state index is 12.5. The van der Waals surface area contributed by atoms with Crippen LogP contribution in [-0.2, 0) is 23.9 Å². The third-order valence-corrected chi connectivity index (χ3v) is 15.9. The highest BCUT2D eigenvalue weighted by molar-refractivity contribution is 6.02. The number of ketones is 4. The quantitative estimate of drug-likeness (QED) is 0.309. The van der Waals surface area contributed by atoms with E-state index < -0.39 is 0 Å². The average Bonchev–Trinajstić information content (AvgIpc) is 3.51. The van der Waals surface area contributed by atoms with Crippen LogP contribution in [0.4, 0.5) is 0 Å². The van der Waals surface area contributed by atoms with Crippen molar-refractivity contribution in [3.05, 3.63) is 46.6 Å². The van der Waals surface area contributed by atoms with Crippen LogP contribution in [0.15, 0.2) is 46.6 Å². The molecule has 47 heavy (non-hydrogen) atoms. The zero-order valence-corrected chi connectivity index (χ0v) is 29.7. The van der Waals surface area contributed by atoms with Gasteiger partial charge in [0.1, 0.15) is 11.6 Å². The number of ether oxygens (including phenoxy) is 1. The summed E-state index contributed by atoms with van der Waals surface area (Å²) in [6, 6.07) is 0. The second kappa shape index (κ2) is 11.6. The van der Waals surface area contributed by atoms with Gasteiger partial charge in [-0.2, -0.15) is 0 Å². The van der Waals surface area contributed by atoms with Crippen LogP contribution in [0, 0.1) is 57.2 Å². The number of carbonyl (C=O) groups excluding carboxylic acids is 4. The Bertz CT molecular complexity index is 1520. The lowest BCUT2D eigenvalue weighted by atomic mass is 9.47. The van der Waals surface area contributed by atoms with Crippen molar-refractivity contribution in [3.63, 3.8) is 0 Å². The summed E-state index contributed by atoms with van der Waals surface area (Å²) in [4.78, 5) is 49.1. The van der Waals surface area contributed by atoms with Crippen molar-refractivity contribution in [3.8, 4) is 0 Å². The molecule has 8 rings (SSSR count). The van der Waals surface area contributed by atoms with E-state index in [4.69, 9.17) is 4.74 Å². The first kappa shape index (κ1) is 33.1. The molecule has 8 aliphatic carbocycles. The number of hydrogen-bond donors (Lipinski definition) is 0. The summed E-state index contributed by atoms with van der Waals surface area (Å²) < 4.78 is 5.74. The van der Waals surface area contributed by atoms with Crippen molar-refractivity contribution in [2.75, 3.05) is 13.2 Å². The molecule has 0 aromatic carbocycles. The van der Waals surface area contributed by atoms with Gasteiger partial charge >= 0.3 is 0 Å². The molecule has 254 valence electrons. The van der Waals surface area contributed by atoms with Crippen LogP contribution in [0.5, 0.6) is 0 Å². The topological polar surface area (TPSA) is 77.5 Å². The van der Waals surface area contributed by atoms with Crippen molar-refractivity contribution in [2.24, 2.45) is 57.2 Å². The predicted molar refractivity (Wildman–Crippen MR) is 183 cm³/mol. The predicted octanol–water partition coefficient (Wildman–Crippen LogP) is 8.52. The Balaban J connectivity index is 0.000000151. The molecule has 0 bridgehead atoms. The van der Waals surface area contributed by atoms with Gasteiger partial charge in [0.25, 0.3) is 0 Å². The van der Waals surface area contributed by atoms with Crippen molar-refractivity contribution in [1.29, 1.82) is 0 Å². The minimum Gasteiger partial charge on any atom is -0.377 e. The summed E-state index contributed by atoms with van der Waals surface area (Å²) in [6.07, 6.45) is 19.8. The molecule has 0 radical (unpaired) electrons. The molecule has 0 heterocycles. The van der Waals surface area contributed by atoms with E-state index in [0.717, 1.165) is 70.6 Å². The highest BCUT2D eigenvalue weighted by Gasteiger charge is 2.61. The molecule has 5 heteroatoms. The first-order valence-corrected chi connectivity index (χ1v) is 18.8. The molecule has 10 atom stereocenters. The minimum atomic E-state index is -0.0903. The van der Waals surface area contributed by atoms with Crippen molar-refractivity contribution in [2.45, 2.75) is 119 Å². The lowest BCUT2D eigenvalue weighted by Crippen LogP contribution is -2.51. The van der Waals surface area contributed by atoms with Crippen molar-refractivity contribution >= 4 is 23.1 Å². The molecule has 0 unspecified atom stereocenters. The summed E-state index contributed by atoms with van der Waals surface area (Å²) in [5, 5.41) is 0. The second-order valence-corrected chi connectivity index (χ2v) is 17.3. The zero-order valence-electron chi connectivity index (χ0n) is 29.7. The van der Waals surface area contributed by atoms with Gasteiger partial charge in [-0.05, 0) is 143 Å². The van der Waals surface area contributed by atoms with E-state index in [2.05, 4.69) is 34.6 Å². The third kappa shape index (κ3) is 4.78. The fourth-order valence-corrected chi connectivity index (χ4v) is 12.9. The average molecular weight is 641 g/mol. The molecule has 0 N–H and O–H groups in total. The molecule has 0 aromatic rings. The molecule has 0 saturated heterocycles. The Kier molecular flexibility index (Phi) is 8.17. The van der Waals surface area contributed by atoms with Gasteiger partial charge in [0.2, 0.25) is 0 Å². The standard InChI is InChI=1S/C22H30O3.C20H26O2/c1-4-25-13-15-12-16(23)11-14-5-6-17-18-7-8-20(24)21(18,2)10-9-19(17)22(14,15)3;1-12-10-14(21)11-13-4-5-15-16-6-7-18(22)19(16,2)9-8-17(15)20(12,13)3/h11-12,17-19H,4-10,13H2,1-3H3;10-11,15-17H,4-9H2,1-3H3/t17-,18-,19-,21-,22+;15-,16-,17-,19-,20-/m00/s1. The highest BCUT2D eigenvalue weighted by Crippen LogP contribution is 2.66. The maximum absolute atomic E-state index is 12.5. The van der Waals surface area contributed by atoms with E-state index in [1.807, 2.05) is 31.2 Å². The lowest BCUT2D eigenvalue weighted by Gasteiger charge is -2.57. The summed E-state index contributed by atoms with van der Waals surface area (Å²) in [5.41, 5.74) is 4.93. The molecule has 0 aromatic heterocycles. The van der Waals surface area contributed by atoms with Crippen LogP contribution in [0.25, 0.3) is 0 Å². The summed E-state index contributed by atoms with van der Waals surface area (Å²) in [6.45, 7) is 14.5. The number of rotatable bonds is 3. The lowest BCUT2D eigenvalue weighted by molar-refractivity contribution is -0.132. The Morgan fingerprint density at radius 2 is 1.11 bits per heavy atom. The molecule has 8 aliphatic rings. The number of fused-ring (bicyclic) bond motifs is 10. The zero-order chi connectivity index (χ0) is 33.5. The molecule has 6 fully saturated rings. The van der Waals surface area contributed by atoms with Crippen LogP contribution in [0.3, 0.4) is 0 Å². The number of hydrogen-bond acceptors (Lipinski definition) is 5. The van der Waals surface area contributed by atoms with E-state index in [1.54, 1.807) is 0 Å². The molecule has 0 spiro atoms. The summed E-state index contributed by atoms with van der Waals surface area (Å²) >= 11 is 0. The van der Waals surface area contributed by atoms with E-state index in [-0.39, 0.29) is 33.2 Å². The summed E-state index contributed by atoms with van der Waals surface area (Å²) in [5.74, 6) is 4.80. The van der Waals surface area contributed by atoms with Gasteiger partial charge in [-0.3, -0.25) is 19.2 Å². The molecule has 5 nitrogen and oxygen atoms in total. The summed E-state index contributed by atoms with van der Waals surface area (Å²) in [7, 11) is 0. The number of allylic oxidation sites excluding steroid dienone is 7. The van der Waals surface area contributed by atoms with E-state index in [0.29, 0.717) is 60.3 Å². The maximum Gasteiger partial charge on any atom is 0.178 e. The van der Waals surface area contributed by atoms with E-state index in [1.165, 1.54) is 28.7 Å². The smallest absolute Gasteiger partial charge is 0.178 e. The number of Topliss-reactive ketones (excluding diaryl/α,β-unsaturated/α-hetero) is 2. The fourth-order valence-electron chi connectivity index (χ4n) is 12.9. The highest BCUT2D eigenvalue weighted by atomic mass is 16.5. The van der Waals surface area contributed by atoms with Gasteiger partial charge < -0.3 is 4.74 Å². The Labute approximate surface area is 282 Å². The molecular weight excluding hydrogens is 584 g/mol. The Morgan fingerprint density at radius 3 is 1.64 bits per heavy atom. The Morgan fingerprint density at radius 1 is 0.617 bits per heavy atom. The van der Waals surface area contributed by atoms with Gasteiger partial charge in [0.05, 0.1) is 6.61 Å². The third-order valence-electron chi connectivity index (χ3n) is 15.9. The van der Waals surface area contributed by atoms with Crippen LogP contribution in [-0.4, -0.2) is 36.3 Å². The monoisotopic (exact) mass is 640 g/mol. The van der Waals surface area contributed by atoms with Crippen LogP contribution in [0.1, 0.15) is 119 Å². The minimum absolute atomic E-state index is 0.0547. The van der Waals surface area contributed by atoms with Crippen LogP contribution in [0.2, 0.25) is 0 Å². The molecule has 0 aliphatic heterocycles. The van der Waals surface area contributed by atoms with Crippen LogP contribution < -0.4 is 0 Å². The Hall–Kier alpha value is -2.40. The van der Waals surface area contributed by atoms with Gasteiger partial charge in [-0.15, -0.1) is 0 Å².